The zero-order valence-electron chi connectivity index (χ0n) is 13.9. The summed E-state index contributed by atoms with van der Waals surface area (Å²) in [6, 6.07) is 8.49. The molecule has 1 saturated carbocycles. The Balaban J connectivity index is 1.88. The van der Waals surface area contributed by atoms with Crippen LogP contribution in [0.3, 0.4) is 0 Å². The van der Waals surface area contributed by atoms with E-state index in [1.54, 1.807) is 0 Å². The smallest absolute Gasteiger partial charge is 0.227 e. The van der Waals surface area contributed by atoms with Gasteiger partial charge in [-0.3, -0.25) is 9.78 Å². The van der Waals surface area contributed by atoms with E-state index in [9.17, 15) is 4.79 Å². The van der Waals surface area contributed by atoms with E-state index in [1.807, 2.05) is 37.1 Å². The van der Waals surface area contributed by atoms with Gasteiger partial charge >= 0.3 is 0 Å². The van der Waals surface area contributed by atoms with Crippen molar-refractivity contribution in [3.63, 3.8) is 0 Å². The third kappa shape index (κ3) is 2.72. The number of carbonyl (C=O) groups is 1. The Labute approximate surface area is 132 Å². The highest BCUT2D eigenvalue weighted by Gasteiger charge is 2.32. The van der Waals surface area contributed by atoms with E-state index >= 15 is 0 Å². The Hall–Kier alpha value is -1.90. The summed E-state index contributed by atoms with van der Waals surface area (Å²) >= 11 is 0. The second-order valence-corrected chi connectivity index (χ2v) is 6.58. The zero-order valence-corrected chi connectivity index (χ0v) is 13.9. The fraction of sp³-hybridized carbons (Fsp3) is 0.474. The Morgan fingerprint density at radius 1 is 1.32 bits per heavy atom. The number of hydrogen-bond donors (Lipinski definition) is 0. The Kier molecular flexibility index (Phi) is 3.90. The number of nitrogens with zero attached hydrogens (tertiary/aromatic N) is 2. The molecule has 1 aliphatic rings. The maximum atomic E-state index is 12.6. The number of rotatable bonds is 4. The molecule has 2 aromatic rings. The summed E-state index contributed by atoms with van der Waals surface area (Å²) in [5, 5.41) is 1.15. The molecule has 0 bridgehead atoms. The van der Waals surface area contributed by atoms with Crippen molar-refractivity contribution in [2.24, 2.45) is 5.92 Å². The number of hydrogen-bond acceptors (Lipinski definition) is 2. The first-order chi connectivity index (χ1) is 10.5. The van der Waals surface area contributed by atoms with Crippen molar-refractivity contribution in [2.75, 3.05) is 7.05 Å². The molecular formula is C19H24N2O. The number of aromatic nitrogens is 1. The summed E-state index contributed by atoms with van der Waals surface area (Å²) in [4.78, 5) is 19.2. The summed E-state index contributed by atoms with van der Waals surface area (Å²) in [7, 11) is 1.93. The number of fused-ring (bicyclic) bond motifs is 1. The molecule has 0 unspecified atom stereocenters. The topological polar surface area (TPSA) is 33.2 Å². The van der Waals surface area contributed by atoms with Gasteiger partial charge in [-0.25, -0.2) is 0 Å². The van der Waals surface area contributed by atoms with Gasteiger partial charge in [-0.2, -0.15) is 0 Å². The van der Waals surface area contributed by atoms with Gasteiger partial charge in [0, 0.05) is 24.2 Å². The molecule has 1 atom stereocenters. The zero-order chi connectivity index (χ0) is 15.9. The average molecular weight is 296 g/mol. The second kappa shape index (κ2) is 5.71. The van der Waals surface area contributed by atoms with Gasteiger partial charge < -0.3 is 4.90 Å². The van der Waals surface area contributed by atoms with Crippen LogP contribution in [0.1, 0.15) is 36.6 Å². The number of likely N-dealkylation sites (N-methyl/N-ethyl adjacent to an activating group) is 1. The number of aryl methyl sites for hydroxylation is 2. The van der Waals surface area contributed by atoms with Crippen LogP contribution in [0.5, 0.6) is 0 Å². The Morgan fingerprint density at radius 3 is 2.68 bits per heavy atom. The van der Waals surface area contributed by atoms with Crippen molar-refractivity contribution in [2.45, 2.75) is 46.1 Å². The molecule has 1 fully saturated rings. The fourth-order valence-electron chi connectivity index (χ4n) is 3.23. The standard InChI is InChI=1S/C19H24N2O/c1-12-16-7-5-6-8-18(16)20-13(2)17(12)11-19(22)21(4)14(3)15-9-10-15/h5-8,14-15H,9-11H2,1-4H3/t14-/m0/s1. The molecule has 3 heteroatoms. The van der Waals surface area contributed by atoms with Gasteiger partial charge in [-0.05, 0) is 56.7 Å². The average Bonchev–Trinajstić information content (AvgIpc) is 3.34. The maximum absolute atomic E-state index is 12.6. The molecular weight excluding hydrogens is 272 g/mol. The van der Waals surface area contributed by atoms with E-state index in [-0.39, 0.29) is 5.91 Å². The predicted molar refractivity (Wildman–Crippen MR) is 89.9 cm³/mol. The van der Waals surface area contributed by atoms with Crippen LogP contribution in [-0.4, -0.2) is 28.9 Å². The number of para-hydroxylation sites is 1. The van der Waals surface area contributed by atoms with Crippen LogP contribution in [0, 0.1) is 19.8 Å². The van der Waals surface area contributed by atoms with E-state index in [0.717, 1.165) is 22.2 Å². The lowest BCUT2D eigenvalue weighted by Gasteiger charge is -2.25. The maximum Gasteiger partial charge on any atom is 0.227 e. The number of carbonyl (C=O) groups excluding carboxylic acids is 1. The Bertz CT molecular complexity index is 719. The molecule has 0 spiro atoms. The highest BCUT2D eigenvalue weighted by Crippen LogP contribution is 2.35. The monoisotopic (exact) mass is 296 g/mol. The molecule has 22 heavy (non-hydrogen) atoms. The van der Waals surface area contributed by atoms with Crippen LogP contribution >= 0.6 is 0 Å². The first-order valence-electron chi connectivity index (χ1n) is 8.09. The van der Waals surface area contributed by atoms with Crippen molar-refractivity contribution < 1.29 is 4.79 Å². The molecule has 1 aromatic heterocycles. The molecule has 1 amide bonds. The van der Waals surface area contributed by atoms with Crippen molar-refractivity contribution in [3.8, 4) is 0 Å². The van der Waals surface area contributed by atoms with E-state index in [0.29, 0.717) is 18.4 Å². The summed E-state index contributed by atoms with van der Waals surface area (Å²) in [6.07, 6.45) is 2.96. The van der Waals surface area contributed by atoms with Gasteiger partial charge in [-0.15, -0.1) is 0 Å². The molecule has 0 saturated heterocycles. The molecule has 0 aliphatic heterocycles. The predicted octanol–water partition coefficient (Wildman–Crippen LogP) is 3.65. The van der Waals surface area contributed by atoms with Gasteiger partial charge in [0.1, 0.15) is 0 Å². The van der Waals surface area contributed by atoms with Gasteiger partial charge in [0.2, 0.25) is 5.91 Å². The molecule has 0 radical (unpaired) electrons. The van der Waals surface area contributed by atoms with Crippen LogP contribution in [0.4, 0.5) is 0 Å². The second-order valence-electron chi connectivity index (χ2n) is 6.58. The molecule has 1 aromatic carbocycles. The summed E-state index contributed by atoms with van der Waals surface area (Å²) < 4.78 is 0. The van der Waals surface area contributed by atoms with Gasteiger partial charge in [0.25, 0.3) is 0 Å². The lowest BCUT2D eigenvalue weighted by Crippen LogP contribution is -2.37. The minimum absolute atomic E-state index is 0.197. The first-order valence-corrected chi connectivity index (χ1v) is 8.09. The van der Waals surface area contributed by atoms with Crippen molar-refractivity contribution in [1.29, 1.82) is 0 Å². The summed E-state index contributed by atoms with van der Waals surface area (Å²) in [6.45, 7) is 6.27. The van der Waals surface area contributed by atoms with Crippen molar-refractivity contribution in [3.05, 3.63) is 41.1 Å². The van der Waals surface area contributed by atoms with Crippen molar-refractivity contribution in [1.82, 2.24) is 9.88 Å². The minimum Gasteiger partial charge on any atom is -0.342 e. The Morgan fingerprint density at radius 2 is 2.00 bits per heavy atom. The van der Waals surface area contributed by atoms with E-state index in [1.165, 1.54) is 18.4 Å². The molecule has 116 valence electrons. The van der Waals surface area contributed by atoms with Gasteiger partial charge in [0.15, 0.2) is 0 Å². The van der Waals surface area contributed by atoms with Crippen LogP contribution in [0.25, 0.3) is 10.9 Å². The van der Waals surface area contributed by atoms with Crippen LogP contribution in [0.15, 0.2) is 24.3 Å². The molecule has 1 heterocycles. The SMILES string of the molecule is Cc1nc2ccccc2c(C)c1CC(=O)N(C)[C@@H](C)C1CC1. The summed E-state index contributed by atoms with van der Waals surface area (Å²) in [5.74, 6) is 0.897. The fourth-order valence-corrected chi connectivity index (χ4v) is 3.23. The normalized spacial score (nSPS) is 15.8. The largest absolute Gasteiger partial charge is 0.342 e. The highest BCUT2D eigenvalue weighted by atomic mass is 16.2. The van der Waals surface area contributed by atoms with E-state index in [2.05, 4.69) is 24.9 Å². The molecule has 1 aliphatic carbocycles. The molecule has 3 nitrogen and oxygen atoms in total. The lowest BCUT2D eigenvalue weighted by atomic mass is 9.99. The summed E-state index contributed by atoms with van der Waals surface area (Å²) in [5.41, 5.74) is 4.24. The van der Waals surface area contributed by atoms with Crippen molar-refractivity contribution >= 4 is 16.8 Å². The number of pyridine rings is 1. The molecule has 3 rings (SSSR count). The highest BCUT2D eigenvalue weighted by molar-refractivity contribution is 5.86. The van der Waals surface area contributed by atoms with Gasteiger partial charge in [-0.1, -0.05) is 18.2 Å². The number of benzene rings is 1. The van der Waals surface area contributed by atoms with E-state index in [4.69, 9.17) is 0 Å². The van der Waals surface area contributed by atoms with Gasteiger partial charge in [0.05, 0.1) is 11.9 Å². The van der Waals surface area contributed by atoms with Crippen LogP contribution < -0.4 is 0 Å². The lowest BCUT2D eigenvalue weighted by molar-refractivity contribution is -0.131. The number of amides is 1. The molecule has 0 N–H and O–H groups in total. The third-order valence-electron chi connectivity index (χ3n) is 5.12. The third-order valence-corrected chi connectivity index (χ3v) is 5.12. The van der Waals surface area contributed by atoms with Crippen LogP contribution in [0.2, 0.25) is 0 Å². The van der Waals surface area contributed by atoms with Crippen LogP contribution in [-0.2, 0) is 11.2 Å². The first kappa shape index (κ1) is 15.0. The van der Waals surface area contributed by atoms with E-state index < -0.39 is 0 Å². The minimum atomic E-state index is 0.197. The quantitative estimate of drug-likeness (QED) is 0.863.